The molecule has 1 aromatic heterocycles. The van der Waals surface area contributed by atoms with E-state index in [1.54, 1.807) is 10.7 Å². The summed E-state index contributed by atoms with van der Waals surface area (Å²) in [5.41, 5.74) is 3.57. The average Bonchev–Trinajstić information content (AvgIpc) is 3.17. The van der Waals surface area contributed by atoms with Gasteiger partial charge in [0, 0.05) is 31.6 Å². The molecule has 1 saturated heterocycles. The van der Waals surface area contributed by atoms with E-state index in [0.29, 0.717) is 0 Å². The maximum absolute atomic E-state index is 12.5. The van der Waals surface area contributed by atoms with Gasteiger partial charge in [-0.15, -0.1) is 0 Å². The first kappa shape index (κ1) is 16.9. The standard InChI is InChI=1S/C22H25N3O/c1-22(18-9-5-3-6-10-18)13-14-24(17-22)16-20-15-21(26)25(23(20)2)19-11-7-4-8-12-19/h3-12,15H,13-14,16-17H2,1-2H3. The number of benzene rings is 2. The summed E-state index contributed by atoms with van der Waals surface area (Å²) in [5.74, 6) is 0. The lowest BCUT2D eigenvalue weighted by Crippen LogP contribution is -2.28. The number of aromatic nitrogens is 2. The summed E-state index contributed by atoms with van der Waals surface area (Å²) >= 11 is 0. The van der Waals surface area contributed by atoms with Gasteiger partial charge in [-0.1, -0.05) is 55.5 Å². The quantitative estimate of drug-likeness (QED) is 0.725. The van der Waals surface area contributed by atoms with Gasteiger partial charge >= 0.3 is 0 Å². The van der Waals surface area contributed by atoms with Crippen LogP contribution in [-0.2, 0) is 19.0 Å². The number of hydrogen-bond donors (Lipinski definition) is 0. The molecular formula is C22H25N3O. The topological polar surface area (TPSA) is 30.2 Å². The van der Waals surface area contributed by atoms with E-state index in [9.17, 15) is 4.79 Å². The van der Waals surface area contributed by atoms with Crippen molar-refractivity contribution in [2.75, 3.05) is 13.1 Å². The maximum Gasteiger partial charge on any atom is 0.271 e. The van der Waals surface area contributed by atoms with Crippen LogP contribution in [0.3, 0.4) is 0 Å². The molecule has 1 aliphatic heterocycles. The van der Waals surface area contributed by atoms with Crippen molar-refractivity contribution < 1.29 is 0 Å². The molecule has 0 bridgehead atoms. The smallest absolute Gasteiger partial charge is 0.271 e. The van der Waals surface area contributed by atoms with E-state index in [-0.39, 0.29) is 11.0 Å². The Hall–Kier alpha value is -2.59. The highest BCUT2D eigenvalue weighted by molar-refractivity contribution is 5.31. The van der Waals surface area contributed by atoms with Crippen LogP contribution in [0.15, 0.2) is 71.5 Å². The third-order valence-corrected chi connectivity index (χ3v) is 5.62. The third kappa shape index (κ3) is 3.01. The van der Waals surface area contributed by atoms with Crippen molar-refractivity contribution in [2.24, 2.45) is 7.05 Å². The first-order chi connectivity index (χ1) is 12.6. The summed E-state index contributed by atoms with van der Waals surface area (Å²) in [6.45, 7) is 5.21. The molecule has 0 radical (unpaired) electrons. The molecule has 26 heavy (non-hydrogen) atoms. The highest BCUT2D eigenvalue weighted by Crippen LogP contribution is 2.34. The Kier molecular flexibility index (Phi) is 4.29. The van der Waals surface area contributed by atoms with Crippen LogP contribution in [0.4, 0.5) is 0 Å². The summed E-state index contributed by atoms with van der Waals surface area (Å²) in [6.07, 6.45) is 1.14. The zero-order valence-corrected chi connectivity index (χ0v) is 15.4. The predicted molar refractivity (Wildman–Crippen MR) is 105 cm³/mol. The highest BCUT2D eigenvalue weighted by atomic mass is 16.1. The maximum atomic E-state index is 12.5. The molecule has 0 amide bonds. The zero-order valence-electron chi connectivity index (χ0n) is 15.4. The molecule has 1 aliphatic rings. The van der Waals surface area contributed by atoms with Crippen LogP contribution in [0.25, 0.3) is 5.69 Å². The highest BCUT2D eigenvalue weighted by Gasteiger charge is 2.35. The second-order valence-corrected chi connectivity index (χ2v) is 7.53. The van der Waals surface area contributed by atoms with Gasteiger partial charge in [-0.25, -0.2) is 4.68 Å². The largest absolute Gasteiger partial charge is 0.297 e. The van der Waals surface area contributed by atoms with Gasteiger partial charge < -0.3 is 0 Å². The molecule has 0 N–H and O–H groups in total. The monoisotopic (exact) mass is 347 g/mol. The van der Waals surface area contributed by atoms with E-state index in [4.69, 9.17) is 0 Å². The lowest BCUT2D eigenvalue weighted by Gasteiger charge is -2.25. The van der Waals surface area contributed by atoms with Crippen LogP contribution in [0.2, 0.25) is 0 Å². The van der Waals surface area contributed by atoms with Crippen LogP contribution in [-0.4, -0.2) is 27.4 Å². The second-order valence-electron chi connectivity index (χ2n) is 7.53. The summed E-state index contributed by atoms with van der Waals surface area (Å²) in [7, 11) is 1.97. The minimum atomic E-state index is 0.0266. The molecule has 0 saturated carbocycles. The molecule has 2 heterocycles. The van der Waals surface area contributed by atoms with Crippen molar-refractivity contribution in [3.63, 3.8) is 0 Å². The summed E-state index contributed by atoms with van der Waals surface area (Å²) < 4.78 is 3.72. The molecule has 2 aromatic carbocycles. The van der Waals surface area contributed by atoms with Crippen molar-refractivity contribution in [1.82, 2.24) is 14.3 Å². The van der Waals surface area contributed by atoms with Crippen LogP contribution in [0.1, 0.15) is 24.6 Å². The first-order valence-corrected chi connectivity index (χ1v) is 9.18. The minimum Gasteiger partial charge on any atom is -0.297 e. The van der Waals surface area contributed by atoms with Gasteiger partial charge in [-0.3, -0.25) is 14.4 Å². The second kappa shape index (κ2) is 6.61. The molecule has 4 rings (SSSR count). The number of nitrogens with zero attached hydrogens (tertiary/aromatic N) is 3. The normalized spacial score (nSPS) is 20.5. The molecule has 4 nitrogen and oxygen atoms in total. The Morgan fingerprint density at radius 2 is 1.65 bits per heavy atom. The van der Waals surface area contributed by atoms with E-state index in [1.165, 1.54) is 5.56 Å². The van der Waals surface area contributed by atoms with Crippen molar-refractivity contribution in [3.8, 4) is 5.69 Å². The minimum absolute atomic E-state index is 0.0266. The average molecular weight is 347 g/mol. The fourth-order valence-corrected chi connectivity index (χ4v) is 4.09. The Labute approximate surface area is 154 Å². The van der Waals surface area contributed by atoms with Crippen LogP contribution in [0.5, 0.6) is 0 Å². The van der Waals surface area contributed by atoms with E-state index in [0.717, 1.165) is 37.4 Å². The van der Waals surface area contributed by atoms with Crippen LogP contribution >= 0.6 is 0 Å². The number of hydrogen-bond acceptors (Lipinski definition) is 2. The van der Waals surface area contributed by atoms with E-state index in [1.807, 2.05) is 42.1 Å². The van der Waals surface area contributed by atoms with Crippen LogP contribution < -0.4 is 5.56 Å². The fourth-order valence-electron chi connectivity index (χ4n) is 4.09. The molecule has 3 aromatic rings. The van der Waals surface area contributed by atoms with E-state index < -0.39 is 0 Å². The molecule has 134 valence electrons. The zero-order chi connectivity index (χ0) is 18.1. The van der Waals surface area contributed by atoms with Gasteiger partial charge in [-0.05, 0) is 30.7 Å². The van der Waals surface area contributed by atoms with E-state index >= 15 is 0 Å². The first-order valence-electron chi connectivity index (χ1n) is 9.18. The van der Waals surface area contributed by atoms with E-state index in [2.05, 4.69) is 42.2 Å². The van der Waals surface area contributed by atoms with Crippen molar-refractivity contribution in [3.05, 3.63) is 88.3 Å². The Balaban J connectivity index is 1.55. The van der Waals surface area contributed by atoms with Crippen molar-refractivity contribution in [1.29, 1.82) is 0 Å². The molecule has 1 fully saturated rings. The summed E-state index contributed by atoms with van der Waals surface area (Å²) in [4.78, 5) is 15.0. The Morgan fingerprint density at radius 1 is 1.00 bits per heavy atom. The van der Waals surface area contributed by atoms with Gasteiger partial charge in [-0.2, -0.15) is 0 Å². The summed E-state index contributed by atoms with van der Waals surface area (Å²) in [6, 6.07) is 22.3. The molecule has 1 atom stereocenters. The van der Waals surface area contributed by atoms with Gasteiger partial charge in [0.05, 0.1) is 11.4 Å². The molecule has 0 aliphatic carbocycles. The SMILES string of the molecule is Cn1c(CN2CCC(C)(c3ccccc3)C2)cc(=O)n1-c1ccccc1. The number of likely N-dealkylation sites (tertiary alicyclic amines) is 1. The lowest BCUT2D eigenvalue weighted by atomic mass is 9.82. The summed E-state index contributed by atoms with van der Waals surface area (Å²) in [5, 5.41) is 0. The number of rotatable bonds is 4. The van der Waals surface area contributed by atoms with Gasteiger partial charge in [0.15, 0.2) is 0 Å². The Morgan fingerprint density at radius 3 is 2.35 bits per heavy atom. The van der Waals surface area contributed by atoms with Gasteiger partial charge in [0.2, 0.25) is 0 Å². The van der Waals surface area contributed by atoms with Crippen LogP contribution in [0, 0.1) is 0 Å². The molecular weight excluding hydrogens is 322 g/mol. The molecule has 0 spiro atoms. The van der Waals surface area contributed by atoms with Crippen molar-refractivity contribution >= 4 is 0 Å². The lowest BCUT2D eigenvalue weighted by molar-refractivity contribution is 0.299. The predicted octanol–water partition coefficient (Wildman–Crippen LogP) is 3.34. The Bertz CT molecular complexity index is 943. The molecule has 1 unspecified atom stereocenters. The third-order valence-electron chi connectivity index (χ3n) is 5.62. The fraction of sp³-hybridized carbons (Fsp3) is 0.318. The van der Waals surface area contributed by atoms with Crippen molar-refractivity contribution in [2.45, 2.75) is 25.3 Å². The molecule has 4 heteroatoms. The number of para-hydroxylation sites is 1. The van der Waals surface area contributed by atoms with Gasteiger partial charge in [0.1, 0.15) is 0 Å². The van der Waals surface area contributed by atoms with Gasteiger partial charge in [0.25, 0.3) is 5.56 Å².